The van der Waals surface area contributed by atoms with Crippen molar-refractivity contribution in [2.24, 2.45) is 5.92 Å². The topological polar surface area (TPSA) is 137 Å². The number of carboxylic acids is 1. The summed E-state index contributed by atoms with van der Waals surface area (Å²) in [6.07, 6.45) is 0.567. The molecule has 3 amide bonds. The maximum Gasteiger partial charge on any atom is 0.322 e. The van der Waals surface area contributed by atoms with Gasteiger partial charge in [0.1, 0.15) is 18.6 Å². The molecular weight excluding hydrogens is 444 g/mol. The number of rotatable bonds is 12. The molecule has 0 saturated carbocycles. The van der Waals surface area contributed by atoms with Crippen molar-refractivity contribution in [2.75, 3.05) is 13.1 Å². The Morgan fingerprint density at radius 3 is 2.17 bits per heavy atom. The van der Waals surface area contributed by atoms with Crippen LogP contribution in [0.4, 0.5) is 0 Å². The molecule has 0 bridgehead atoms. The lowest BCUT2D eigenvalue weighted by Gasteiger charge is -2.24. The molecule has 0 aliphatic heterocycles. The van der Waals surface area contributed by atoms with E-state index in [1.165, 1.54) is 0 Å². The first-order valence-corrected chi connectivity index (χ1v) is 9.98. The van der Waals surface area contributed by atoms with E-state index in [1.807, 2.05) is 44.2 Å². The Bertz CT molecular complexity index is 699. The number of hydrogen-bond donors (Lipinski definition) is 5. The quantitative estimate of drug-likeness (QED) is 0.279. The first-order chi connectivity index (χ1) is 13.7. The standard InChI is InChI=1S/C19H27BrN4O5/c1-12(2)8-14(18(28)21-11-17(26)27)24-19(29)15(23-16(25)10-22-20)9-13-6-4-3-5-7-13/h3-7,12,14-15,22H,8-11H2,1-2H3,(H,21,28)(H,23,25)(H,24,29)(H,26,27). The molecule has 0 aromatic heterocycles. The lowest BCUT2D eigenvalue weighted by atomic mass is 10.0. The van der Waals surface area contributed by atoms with Crippen molar-refractivity contribution in [1.29, 1.82) is 0 Å². The molecule has 1 aromatic rings. The Morgan fingerprint density at radius 1 is 0.966 bits per heavy atom. The highest BCUT2D eigenvalue weighted by molar-refractivity contribution is 9.08. The molecule has 1 rings (SSSR count). The molecule has 9 nitrogen and oxygen atoms in total. The average Bonchev–Trinajstić information content (AvgIpc) is 2.65. The van der Waals surface area contributed by atoms with E-state index >= 15 is 0 Å². The fourth-order valence-corrected chi connectivity index (χ4v) is 2.88. The number of hydrogen-bond acceptors (Lipinski definition) is 5. The second kappa shape index (κ2) is 12.9. The number of nitrogens with one attached hydrogen (secondary N) is 4. The van der Waals surface area contributed by atoms with E-state index in [2.05, 4.69) is 36.4 Å². The molecular formula is C19H27BrN4O5. The summed E-state index contributed by atoms with van der Waals surface area (Å²) >= 11 is 2.95. The van der Waals surface area contributed by atoms with Gasteiger partial charge in [-0.05, 0) is 17.9 Å². The predicted molar refractivity (Wildman–Crippen MR) is 111 cm³/mol. The highest BCUT2D eigenvalue weighted by Crippen LogP contribution is 2.08. The monoisotopic (exact) mass is 470 g/mol. The van der Waals surface area contributed by atoms with Crippen molar-refractivity contribution in [1.82, 2.24) is 20.3 Å². The maximum absolute atomic E-state index is 12.9. The number of amides is 3. The lowest BCUT2D eigenvalue weighted by molar-refractivity contribution is -0.138. The number of halogens is 1. The van der Waals surface area contributed by atoms with Crippen LogP contribution >= 0.6 is 16.1 Å². The molecule has 1 aromatic carbocycles. The second-order valence-electron chi connectivity index (χ2n) is 6.92. The molecule has 2 unspecified atom stereocenters. The summed E-state index contributed by atoms with van der Waals surface area (Å²) in [6.45, 7) is 3.19. The van der Waals surface area contributed by atoms with Crippen molar-refractivity contribution < 1.29 is 24.3 Å². The summed E-state index contributed by atoms with van der Waals surface area (Å²) in [5.41, 5.74) is 0.843. The SMILES string of the molecule is CC(C)CC(NC(=O)C(Cc1ccccc1)NC(=O)CNBr)C(=O)NCC(=O)O. The van der Waals surface area contributed by atoms with Crippen molar-refractivity contribution in [2.45, 2.75) is 38.8 Å². The van der Waals surface area contributed by atoms with Crippen LogP contribution in [-0.4, -0.2) is 54.0 Å². The molecule has 0 fully saturated rings. The summed E-state index contributed by atoms with van der Waals surface area (Å²) in [5, 5.41) is 16.3. The van der Waals surface area contributed by atoms with Gasteiger partial charge in [-0.3, -0.25) is 19.2 Å². The van der Waals surface area contributed by atoms with Crippen molar-refractivity contribution in [3.8, 4) is 0 Å². The van der Waals surface area contributed by atoms with Gasteiger partial charge in [-0.1, -0.05) is 44.2 Å². The Kier molecular flexibility index (Phi) is 10.9. The van der Waals surface area contributed by atoms with E-state index in [1.54, 1.807) is 0 Å². The molecule has 0 radical (unpaired) electrons. The summed E-state index contributed by atoms with van der Waals surface area (Å²) in [4.78, 5) is 47.9. The van der Waals surface area contributed by atoms with Gasteiger partial charge in [0.05, 0.1) is 6.54 Å². The zero-order chi connectivity index (χ0) is 21.8. The van der Waals surface area contributed by atoms with E-state index in [-0.39, 0.29) is 18.9 Å². The fraction of sp³-hybridized carbons (Fsp3) is 0.474. The zero-order valence-electron chi connectivity index (χ0n) is 16.4. The molecule has 0 saturated heterocycles. The van der Waals surface area contributed by atoms with Crippen molar-refractivity contribution in [3.63, 3.8) is 0 Å². The highest BCUT2D eigenvalue weighted by Gasteiger charge is 2.27. The second-order valence-corrected chi connectivity index (χ2v) is 7.48. The van der Waals surface area contributed by atoms with Crippen LogP contribution in [0.15, 0.2) is 30.3 Å². The number of carbonyl (C=O) groups excluding carboxylic acids is 3. The van der Waals surface area contributed by atoms with Crippen LogP contribution in [-0.2, 0) is 25.6 Å². The molecule has 29 heavy (non-hydrogen) atoms. The minimum atomic E-state index is -1.18. The van der Waals surface area contributed by atoms with Gasteiger partial charge in [-0.25, -0.2) is 4.34 Å². The highest BCUT2D eigenvalue weighted by atomic mass is 79.9. The molecule has 5 N–H and O–H groups in total. The third-order valence-electron chi connectivity index (χ3n) is 3.92. The van der Waals surface area contributed by atoms with Gasteiger partial charge in [0.2, 0.25) is 17.7 Å². The Morgan fingerprint density at radius 2 is 1.62 bits per heavy atom. The van der Waals surface area contributed by atoms with Gasteiger partial charge in [0.15, 0.2) is 0 Å². The van der Waals surface area contributed by atoms with Crippen LogP contribution in [0.5, 0.6) is 0 Å². The summed E-state index contributed by atoms with van der Waals surface area (Å²) in [7, 11) is 0. The average molecular weight is 471 g/mol. The normalized spacial score (nSPS) is 12.7. The fourth-order valence-electron chi connectivity index (χ4n) is 2.63. The number of carbonyl (C=O) groups is 4. The van der Waals surface area contributed by atoms with Crippen LogP contribution in [0, 0.1) is 5.92 Å². The minimum absolute atomic E-state index is 0.0346. The van der Waals surface area contributed by atoms with Crippen molar-refractivity contribution in [3.05, 3.63) is 35.9 Å². The third-order valence-corrected chi connectivity index (χ3v) is 4.20. The van der Waals surface area contributed by atoms with Crippen LogP contribution < -0.4 is 20.3 Å². The molecule has 0 spiro atoms. The largest absolute Gasteiger partial charge is 0.480 e. The van der Waals surface area contributed by atoms with Gasteiger partial charge >= 0.3 is 5.97 Å². The van der Waals surface area contributed by atoms with E-state index < -0.39 is 42.3 Å². The first kappa shape index (κ1) is 24.6. The Hall–Kier alpha value is -2.46. The summed E-state index contributed by atoms with van der Waals surface area (Å²) < 4.78 is 2.54. The van der Waals surface area contributed by atoms with Gasteiger partial charge < -0.3 is 21.1 Å². The van der Waals surface area contributed by atoms with Crippen molar-refractivity contribution >= 4 is 39.8 Å². The number of aliphatic carboxylic acids is 1. The zero-order valence-corrected chi connectivity index (χ0v) is 18.0. The van der Waals surface area contributed by atoms with Crippen LogP contribution in [0.25, 0.3) is 0 Å². The van der Waals surface area contributed by atoms with E-state index in [0.29, 0.717) is 6.42 Å². The summed E-state index contributed by atoms with van der Waals surface area (Å²) in [6, 6.07) is 7.36. The summed E-state index contributed by atoms with van der Waals surface area (Å²) in [5.74, 6) is -2.59. The van der Waals surface area contributed by atoms with E-state index in [0.717, 1.165) is 5.56 Å². The molecule has 0 aliphatic carbocycles. The lowest BCUT2D eigenvalue weighted by Crippen LogP contribution is -2.55. The molecule has 2 atom stereocenters. The van der Waals surface area contributed by atoms with Gasteiger partial charge in [0, 0.05) is 22.6 Å². The number of carboxylic acid groups (broad SMARTS) is 1. The molecule has 0 aliphatic rings. The number of benzene rings is 1. The Balaban J connectivity index is 2.92. The minimum Gasteiger partial charge on any atom is -0.480 e. The molecule has 0 heterocycles. The van der Waals surface area contributed by atoms with E-state index in [9.17, 15) is 19.2 Å². The van der Waals surface area contributed by atoms with Crippen LogP contribution in [0.2, 0.25) is 0 Å². The predicted octanol–water partition coefficient (Wildman–Crippen LogP) is 0.345. The van der Waals surface area contributed by atoms with Crippen LogP contribution in [0.1, 0.15) is 25.8 Å². The third kappa shape index (κ3) is 10.0. The molecule has 10 heteroatoms. The van der Waals surface area contributed by atoms with E-state index in [4.69, 9.17) is 5.11 Å². The maximum atomic E-state index is 12.9. The van der Waals surface area contributed by atoms with Gasteiger partial charge in [-0.2, -0.15) is 0 Å². The van der Waals surface area contributed by atoms with Gasteiger partial charge in [0.25, 0.3) is 0 Å². The first-order valence-electron chi connectivity index (χ1n) is 9.19. The smallest absolute Gasteiger partial charge is 0.322 e. The van der Waals surface area contributed by atoms with Crippen LogP contribution in [0.3, 0.4) is 0 Å². The Labute approximate surface area is 178 Å². The van der Waals surface area contributed by atoms with Gasteiger partial charge in [-0.15, -0.1) is 0 Å². The molecule has 160 valence electrons.